The molecule has 0 aliphatic carbocycles. The summed E-state index contributed by atoms with van der Waals surface area (Å²) < 4.78 is 33.5. The van der Waals surface area contributed by atoms with Gasteiger partial charge >= 0.3 is 5.97 Å². The fourth-order valence-corrected chi connectivity index (χ4v) is 4.79. The van der Waals surface area contributed by atoms with Crippen LogP contribution in [0.25, 0.3) is 6.08 Å². The Morgan fingerprint density at radius 1 is 1.06 bits per heavy atom. The van der Waals surface area contributed by atoms with Crippen LogP contribution in [0.1, 0.15) is 34.0 Å². The lowest BCUT2D eigenvalue weighted by atomic mass is 9.89. The number of quaternary nitrogens is 1. The van der Waals surface area contributed by atoms with E-state index in [1.165, 1.54) is 13.2 Å². The average molecular weight is 499 g/mol. The molecule has 9 nitrogen and oxygen atoms in total. The van der Waals surface area contributed by atoms with E-state index in [1.54, 1.807) is 20.3 Å². The number of carbonyl (C=O) groups is 2. The second-order valence-corrected chi connectivity index (χ2v) is 8.96. The predicted octanol–water partition coefficient (Wildman–Crippen LogP) is 3.40. The quantitative estimate of drug-likeness (QED) is 0.225. The average Bonchev–Trinajstić information content (AvgIpc) is 3.35. The lowest BCUT2D eigenvalue weighted by Crippen LogP contribution is -2.51. The first kappa shape index (κ1) is 25.4. The molecule has 0 bridgehead atoms. The van der Waals surface area contributed by atoms with Gasteiger partial charge in [0.25, 0.3) is 0 Å². The monoisotopic (exact) mass is 498 g/mol. The first-order chi connectivity index (χ1) is 17.3. The minimum atomic E-state index is -0.286. The molecule has 2 heterocycles. The summed E-state index contributed by atoms with van der Waals surface area (Å²) in [6, 6.07) is 5.50. The molecule has 192 valence electrons. The van der Waals surface area contributed by atoms with Gasteiger partial charge in [0.05, 0.1) is 52.7 Å². The van der Waals surface area contributed by atoms with Crippen LogP contribution in [0.5, 0.6) is 28.7 Å². The van der Waals surface area contributed by atoms with E-state index in [2.05, 4.69) is 0 Å². The lowest BCUT2D eigenvalue weighted by Gasteiger charge is -2.38. The highest BCUT2D eigenvalue weighted by Gasteiger charge is 2.40. The Morgan fingerprint density at radius 3 is 2.53 bits per heavy atom. The lowest BCUT2D eigenvalue weighted by molar-refractivity contribution is -0.917. The number of rotatable bonds is 9. The predicted molar refractivity (Wildman–Crippen MR) is 132 cm³/mol. The molecule has 0 radical (unpaired) electrons. The number of esters is 1. The first-order valence-corrected chi connectivity index (χ1v) is 11.8. The summed E-state index contributed by atoms with van der Waals surface area (Å²) in [4.78, 5) is 25.6. The van der Waals surface area contributed by atoms with Crippen molar-refractivity contribution in [3.8, 4) is 28.7 Å². The minimum absolute atomic E-state index is 0.00293. The highest BCUT2D eigenvalue weighted by atomic mass is 16.7. The Bertz CT molecular complexity index is 1200. The van der Waals surface area contributed by atoms with Crippen LogP contribution in [0.15, 0.2) is 24.3 Å². The Labute approximate surface area is 210 Å². The molecule has 1 atom stereocenters. The number of hydrogen-bond donors (Lipinski definition) is 0. The van der Waals surface area contributed by atoms with Crippen molar-refractivity contribution < 1.29 is 42.5 Å². The molecule has 0 saturated heterocycles. The zero-order valence-electron chi connectivity index (χ0n) is 21.3. The summed E-state index contributed by atoms with van der Waals surface area (Å²) in [5.74, 6) is 2.11. The van der Waals surface area contributed by atoms with Gasteiger partial charge in [-0.25, -0.2) is 4.79 Å². The van der Waals surface area contributed by atoms with Gasteiger partial charge in [-0.1, -0.05) is 12.1 Å². The summed E-state index contributed by atoms with van der Waals surface area (Å²) in [5, 5.41) is 0. The normalized spacial score (nSPS) is 18.0. The van der Waals surface area contributed by atoms with E-state index < -0.39 is 0 Å². The van der Waals surface area contributed by atoms with Gasteiger partial charge in [0.1, 0.15) is 6.54 Å². The molecule has 2 aliphatic heterocycles. The smallest absolute Gasteiger partial charge is 0.361 e. The van der Waals surface area contributed by atoms with Gasteiger partial charge in [0.2, 0.25) is 12.5 Å². The van der Waals surface area contributed by atoms with Crippen molar-refractivity contribution in [2.24, 2.45) is 0 Å². The van der Waals surface area contributed by atoms with Crippen LogP contribution in [0.3, 0.4) is 0 Å². The van der Waals surface area contributed by atoms with Crippen molar-refractivity contribution >= 4 is 17.8 Å². The Morgan fingerprint density at radius 2 is 1.83 bits per heavy atom. The highest BCUT2D eigenvalue weighted by Crippen LogP contribution is 2.50. The number of hydrogen-bond acceptors (Lipinski definition) is 8. The third-order valence-electron chi connectivity index (χ3n) is 6.53. The second-order valence-electron chi connectivity index (χ2n) is 8.96. The van der Waals surface area contributed by atoms with Crippen LogP contribution >= 0.6 is 0 Å². The van der Waals surface area contributed by atoms with E-state index in [4.69, 9.17) is 28.4 Å². The number of carbonyl (C=O) groups excluding carboxylic acids is 2. The molecule has 0 fully saturated rings. The molecule has 2 aromatic rings. The van der Waals surface area contributed by atoms with Crippen molar-refractivity contribution in [2.75, 3.05) is 54.9 Å². The van der Waals surface area contributed by atoms with E-state index in [-0.39, 0.29) is 25.1 Å². The maximum Gasteiger partial charge on any atom is 0.361 e. The molecule has 4 rings (SSSR count). The van der Waals surface area contributed by atoms with E-state index in [1.807, 2.05) is 32.2 Å². The summed E-state index contributed by atoms with van der Waals surface area (Å²) in [7, 11) is 6.52. The SMILES string of the molecule is CCOc1ccc(/C=C/C(=O)c2c3c(c(OC)c4c2OCO4)C[N@+](C)(CC(=O)OC)CC3)cc1OC. The van der Waals surface area contributed by atoms with Crippen LogP contribution < -0.4 is 23.7 Å². The minimum Gasteiger partial charge on any atom is -0.493 e. The van der Waals surface area contributed by atoms with Crippen molar-refractivity contribution in [3.05, 3.63) is 46.5 Å². The van der Waals surface area contributed by atoms with Gasteiger partial charge in [0, 0.05) is 6.42 Å². The third-order valence-corrected chi connectivity index (χ3v) is 6.53. The molecule has 2 aromatic carbocycles. The Hall–Kier alpha value is -3.72. The molecule has 0 saturated carbocycles. The van der Waals surface area contributed by atoms with Crippen molar-refractivity contribution in [1.29, 1.82) is 0 Å². The number of likely N-dealkylation sites (N-methyl/N-ethyl adjacent to an activating group) is 1. The number of ether oxygens (including phenoxy) is 6. The fraction of sp³-hybridized carbons (Fsp3) is 0.407. The second kappa shape index (κ2) is 10.5. The summed E-state index contributed by atoms with van der Waals surface area (Å²) in [6.45, 7) is 3.80. The van der Waals surface area contributed by atoms with Gasteiger partial charge in [-0.3, -0.25) is 4.79 Å². The maximum absolute atomic E-state index is 13.6. The molecule has 9 heteroatoms. The van der Waals surface area contributed by atoms with Crippen LogP contribution in [0.2, 0.25) is 0 Å². The maximum atomic E-state index is 13.6. The van der Waals surface area contributed by atoms with Gasteiger partial charge in [-0.2, -0.15) is 0 Å². The molecule has 0 amide bonds. The van der Waals surface area contributed by atoms with Crippen molar-refractivity contribution in [2.45, 2.75) is 19.9 Å². The van der Waals surface area contributed by atoms with E-state index >= 15 is 0 Å². The molecule has 0 aromatic heterocycles. The number of methoxy groups -OCH3 is 3. The molecular weight excluding hydrogens is 466 g/mol. The van der Waals surface area contributed by atoms with Crippen LogP contribution in [-0.4, -0.2) is 71.1 Å². The fourth-order valence-electron chi connectivity index (χ4n) is 4.79. The van der Waals surface area contributed by atoms with Crippen LogP contribution in [-0.2, 0) is 22.5 Å². The van der Waals surface area contributed by atoms with E-state index in [0.29, 0.717) is 64.9 Å². The zero-order valence-corrected chi connectivity index (χ0v) is 21.3. The standard InChI is InChI=1S/C27H32NO8/c1-6-34-21-10-8-17(13-22(21)31-3)7-9-20(29)24-18-11-12-28(2,15-23(30)32-4)14-19(18)25(33-5)27-26(24)35-16-36-27/h7-10,13H,6,11-12,14-16H2,1-5H3/q+1/b9-7+/t28-/m1/s1. The summed E-state index contributed by atoms with van der Waals surface area (Å²) in [5.41, 5.74) is 2.97. The van der Waals surface area contributed by atoms with E-state index in [0.717, 1.165) is 16.7 Å². The van der Waals surface area contributed by atoms with Gasteiger partial charge < -0.3 is 32.9 Å². The number of nitrogens with zero attached hydrogens (tertiary/aromatic N) is 1. The Kier molecular flexibility index (Phi) is 7.40. The van der Waals surface area contributed by atoms with E-state index in [9.17, 15) is 9.59 Å². The first-order valence-electron chi connectivity index (χ1n) is 11.8. The van der Waals surface area contributed by atoms with Crippen LogP contribution in [0, 0.1) is 0 Å². The van der Waals surface area contributed by atoms with Crippen molar-refractivity contribution in [3.63, 3.8) is 0 Å². The molecule has 0 spiro atoms. The molecule has 0 N–H and O–H groups in total. The number of allylic oxidation sites excluding steroid dienone is 1. The molecule has 2 aliphatic rings. The zero-order chi connectivity index (χ0) is 25.9. The Balaban J connectivity index is 1.72. The number of ketones is 1. The van der Waals surface area contributed by atoms with Gasteiger partial charge in [-0.05, 0) is 36.3 Å². The summed E-state index contributed by atoms with van der Waals surface area (Å²) >= 11 is 0. The van der Waals surface area contributed by atoms with Gasteiger partial charge in [-0.15, -0.1) is 0 Å². The van der Waals surface area contributed by atoms with Crippen LogP contribution in [0.4, 0.5) is 0 Å². The molecule has 36 heavy (non-hydrogen) atoms. The third kappa shape index (κ3) is 4.83. The number of fused-ring (bicyclic) bond motifs is 2. The topological polar surface area (TPSA) is 89.5 Å². The summed E-state index contributed by atoms with van der Waals surface area (Å²) in [6.07, 6.45) is 3.83. The largest absolute Gasteiger partial charge is 0.493 e. The highest BCUT2D eigenvalue weighted by molar-refractivity contribution is 6.11. The van der Waals surface area contributed by atoms with Crippen molar-refractivity contribution in [1.82, 2.24) is 0 Å². The molecular formula is C27H32NO8+. The van der Waals surface area contributed by atoms with Gasteiger partial charge in [0.15, 0.2) is 35.3 Å². The number of benzene rings is 2. The molecule has 0 unspecified atom stereocenters.